The first kappa shape index (κ1) is 15.3. The fourth-order valence-corrected chi connectivity index (χ4v) is 3.61. The smallest absolute Gasteiger partial charge is 0.272 e. The molecule has 1 unspecified atom stereocenters. The molecular formula is C17H26N4O. The van der Waals surface area contributed by atoms with Crippen molar-refractivity contribution in [1.82, 2.24) is 14.9 Å². The Morgan fingerprint density at radius 3 is 2.64 bits per heavy atom. The standard InChI is InChI=1S/C17H26N4O/c1-3-14-8-4-5-11-21(14)17(22)15-12-16(19-13(2)18-15)20-9-6-7-10-20/h12,14H,3-11H2,1-2H3. The number of nitrogens with zero attached hydrogens (tertiary/aromatic N) is 4. The van der Waals surface area contributed by atoms with Gasteiger partial charge in [0, 0.05) is 31.7 Å². The molecule has 3 rings (SSSR count). The van der Waals surface area contributed by atoms with Gasteiger partial charge in [0.05, 0.1) is 0 Å². The normalized spacial score (nSPS) is 22.2. The number of piperidine rings is 1. The Morgan fingerprint density at radius 2 is 1.91 bits per heavy atom. The summed E-state index contributed by atoms with van der Waals surface area (Å²) >= 11 is 0. The molecule has 5 heteroatoms. The average Bonchev–Trinajstić information content (AvgIpc) is 3.08. The number of hydrogen-bond acceptors (Lipinski definition) is 4. The fourth-order valence-electron chi connectivity index (χ4n) is 3.61. The molecule has 1 amide bonds. The number of rotatable bonds is 3. The number of amides is 1. The third-order valence-corrected chi connectivity index (χ3v) is 4.83. The van der Waals surface area contributed by atoms with Crippen molar-refractivity contribution < 1.29 is 4.79 Å². The SMILES string of the molecule is CCC1CCCCN1C(=O)c1cc(N2CCCC2)nc(C)n1. The van der Waals surface area contributed by atoms with Crippen LogP contribution in [-0.2, 0) is 0 Å². The van der Waals surface area contributed by atoms with Gasteiger partial charge in [-0.3, -0.25) is 4.79 Å². The lowest BCUT2D eigenvalue weighted by Crippen LogP contribution is -2.43. The van der Waals surface area contributed by atoms with Crippen LogP contribution in [-0.4, -0.2) is 46.5 Å². The van der Waals surface area contributed by atoms with Gasteiger partial charge in [-0.15, -0.1) is 0 Å². The second-order valence-corrected chi connectivity index (χ2v) is 6.41. The van der Waals surface area contributed by atoms with Crippen molar-refractivity contribution in [2.75, 3.05) is 24.5 Å². The van der Waals surface area contributed by atoms with Gasteiger partial charge in [-0.25, -0.2) is 9.97 Å². The van der Waals surface area contributed by atoms with E-state index in [4.69, 9.17) is 0 Å². The van der Waals surface area contributed by atoms with Crippen LogP contribution < -0.4 is 4.90 Å². The summed E-state index contributed by atoms with van der Waals surface area (Å²) in [6, 6.07) is 2.26. The molecule has 0 aliphatic carbocycles. The highest BCUT2D eigenvalue weighted by Crippen LogP contribution is 2.23. The maximum absolute atomic E-state index is 12.9. The average molecular weight is 302 g/mol. The predicted molar refractivity (Wildman–Crippen MR) is 87.2 cm³/mol. The van der Waals surface area contributed by atoms with Crippen LogP contribution in [0.3, 0.4) is 0 Å². The molecule has 22 heavy (non-hydrogen) atoms. The molecule has 2 aliphatic heterocycles. The first-order chi connectivity index (χ1) is 10.7. The first-order valence-corrected chi connectivity index (χ1v) is 8.60. The molecule has 0 aromatic carbocycles. The quantitative estimate of drug-likeness (QED) is 0.861. The van der Waals surface area contributed by atoms with E-state index in [9.17, 15) is 4.79 Å². The van der Waals surface area contributed by atoms with Gasteiger partial charge < -0.3 is 9.80 Å². The summed E-state index contributed by atoms with van der Waals surface area (Å²) in [5, 5.41) is 0. The van der Waals surface area contributed by atoms with Gasteiger partial charge in [0.1, 0.15) is 17.3 Å². The summed E-state index contributed by atoms with van der Waals surface area (Å²) in [4.78, 5) is 26.1. The van der Waals surface area contributed by atoms with Crippen molar-refractivity contribution >= 4 is 11.7 Å². The van der Waals surface area contributed by atoms with Gasteiger partial charge >= 0.3 is 0 Å². The van der Waals surface area contributed by atoms with E-state index in [1.54, 1.807) is 0 Å². The van der Waals surface area contributed by atoms with E-state index in [1.165, 1.54) is 19.3 Å². The third-order valence-electron chi connectivity index (χ3n) is 4.83. The molecule has 1 atom stereocenters. The van der Waals surface area contributed by atoms with Gasteiger partial charge in [-0.05, 0) is 45.4 Å². The minimum Gasteiger partial charge on any atom is -0.356 e. The van der Waals surface area contributed by atoms with Crippen molar-refractivity contribution in [3.8, 4) is 0 Å². The van der Waals surface area contributed by atoms with Gasteiger partial charge in [0.2, 0.25) is 0 Å². The van der Waals surface area contributed by atoms with Gasteiger partial charge in [-0.1, -0.05) is 6.92 Å². The molecule has 120 valence electrons. The van der Waals surface area contributed by atoms with Crippen molar-refractivity contribution in [2.24, 2.45) is 0 Å². The summed E-state index contributed by atoms with van der Waals surface area (Å²) in [6.45, 7) is 6.97. The molecule has 2 fully saturated rings. The first-order valence-electron chi connectivity index (χ1n) is 8.60. The van der Waals surface area contributed by atoms with Crippen molar-refractivity contribution in [3.05, 3.63) is 17.6 Å². The molecule has 2 aliphatic rings. The zero-order chi connectivity index (χ0) is 15.5. The van der Waals surface area contributed by atoms with Gasteiger partial charge in [0.15, 0.2) is 0 Å². The van der Waals surface area contributed by atoms with E-state index < -0.39 is 0 Å². The summed E-state index contributed by atoms with van der Waals surface area (Å²) in [7, 11) is 0. The van der Waals surface area contributed by atoms with Crippen LogP contribution in [0.5, 0.6) is 0 Å². The molecular weight excluding hydrogens is 276 g/mol. The summed E-state index contributed by atoms with van der Waals surface area (Å²) in [5.41, 5.74) is 0.565. The number of carbonyl (C=O) groups excluding carboxylic acids is 1. The van der Waals surface area contributed by atoms with E-state index in [2.05, 4.69) is 21.8 Å². The Balaban J connectivity index is 1.85. The molecule has 3 heterocycles. The maximum atomic E-state index is 12.9. The molecule has 2 saturated heterocycles. The number of aryl methyl sites for hydroxylation is 1. The van der Waals surface area contributed by atoms with Crippen molar-refractivity contribution in [3.63, 3.8) is 0 Å². The van der Waals surface area contributed by atoms with Crippen LogP contribution in [0.1, 0.15) is 61.8 Å². The zero-order valence-corrected chi connectivity index (χ0v) is 13.7. The highest BCUT2D eigenvalue weighted by atomic mass is 16.2. The Labute approximate surface area is 132 Å². The summed E-state index contributed by atoms with van der Waals surface area (Å²) in [6.07, 6.45) is 6.88. The van der Waals surface area contributed by atoms with Crippen molar-refractivity contribution in [1.29, 1.82) is 0 Å². The van der Waals surface area contributed by atoms with E-state index in [0.29, 0.717) is 17.6 Å². The van der Waals surface area contributed by atoms with E-state index >= 15 is 0 Å². The van der Waals surface area contributed by atoms with Crippen LogP contribution in [0.25, 0.3) is 0 Å². The lowest BCUT2D eigenvalue weighted by Gasteiger charge is -2.35. The number of anilines is 1. The third kappa shape index (κ3) is 3.08. The second-order valence-electron chi connectivity index (χ2n) is 6.41. The van der Waals surface area contributed by atoms with Crippen LogP contribution in [0.4, 0.5) is 5.82 Å². The predicted octanol–water partition coefficient (Wildman–Crippen LogP) is 2.79. The minimum atomic E-state index is 0.0810. The zero-order valence-electron chi connectivity index (χ0n) is 13.7. The molecule has 0 radical (unpaired) electrons. The Kier molecular flexibility index (Phi) is 4.60. The Morgan fingerprint density at radius 1 is 1.18 bits per heavy atom. The van der Waals surface area contributed by atoms with E-state index in [0.717, 1.165) is 44.7 Å². The molecule has 5 nitrogen and oxygen atoms in total. The molecule has 0 saturated carbocycles. The van der Waals surface area contributed by atoms with E-state index in [1.807, 2.05) is 17.9 Å². The highest BCUT2D eigenvalue weighted by Gasteiger charge is 2.28. The lowest BCUT2D eigenvalue weighted by atomic mass is 9.99. The molecule has 1 aromatic rings. The number of carbonyl (C=O) groups is 1. The van der Waals surface area contributed by atoms with Crippen LogP contribution >= 0.6 is 0 Å². The Bertz CT molecular complexity index is 539. The monoisotopic (exact) mass is 302 g/mol. The number of likely N-dealkylation sites (tertiary alicyclic amines) is 1. The molecule has 0 bridgehead atoms. The minimum absolute atomic E-state index is 0.0810. The molecule has 1 aromatic heterocycles. The highest BCUT2D eigenvalue weighted by molar-refractivity contribution is 5.93. The Hall–Kier alpha value is -1.65. The summed E-state index contributed by atoms with van der Waals surface area (Å²) in [5.74, 6) is 1.69. The maximum Gasteiger partial charge on any atom is 0.272 e. The lowest BCUT2D eigenvalue weighted by molar-refractivity contribution is 0.0601. The van der Waals surface area contributed by atoms with Crippen LogP contribution in [0.2, 0.25) is 0 Å². The van der Waals surface area contributed by atoms with Crippen molar-refractivity contribution in [2.45, 2.75) is 58.4 Å². The number of hydrogen-bond donors (Lipinski definition) is 0. The molecule has 0 spiro atoms. The number of aromatic nitrogens is 2. The van der Waals surface area contributed by atoms with Crippen LogP contribution in [0.15, 0.2) is 6.07 Å². The topological polar surface area (TPSA) is 49.3 Å². The van der Waals surface area contributed by atoms with Gasteiger partial charge in [0.25, 0.3) is 5.91 Å². The molecule has 0 N–H and O–H groups in total. The summed E-state index contributed by atoms with van der Waals surface area (Å²) < 4.78 is 0. The van der Waals surface area contributed by atoms with Crippen LogP contribution in [0, 0.1) is 6.92 Å². The largest absolute Gasteiger partial charge is 0.356 e. The van der Waals surface area contributed by atoms with E-state index in [-0.39, 0.29) is 5.91 Å². The fraction of sp³-hybridized carbons (Fsp3) is 0.706. The van der Waals surface area contributed by atoms with Gasteiger partial charge in [-0.2, -0.15) is 0 Å². The second kappa shape index (κ2) is 6.63.